The van der Waals surface area contributed by atoms with E-state index in [9.17, 15) is 18.0 Å². The lowest BCUT2D eigenvalue weighted by Gasteiger charge is -2.15. The van der Waals surface area contributed by atoms with Gasteiger partial charge in [-0.05, 0) is 55.3 Å². The number of rotatable bonds is 7. The van der Waals surface area contributed by atoms with Gasteiger partial charge in [-0.3, -0.25) is 0 Å². The first-order valence-electron chi connectivity index (χ1n) is 8.68. The van der Waals surface area contributed by atoms with E-state index in [-0.39, 0.29) is 10.9 Å². The molecule has 0 fully saturated rings. The summed E-state index contributed by atoms with van der Waals surface area (Å²) in [5.41, 5.74) is 1.64. The van der Waals surface area contributed by atoms with Crippen LogP contribution in [-0.4, -0.2) is 27.0 Å². The van der Waals surface area contributed by atoms with Crippen LogP contribution in [0.3, 0.4) is 0 Å². The molecule has 150 valence electrons. The largest absolute Gasteiger partial charge is 0.462 e. The molecule has 2 aromatic rings. The van der Waals surface area contributed by atoms with Gasteiger partial charge in [-0.25, -0.2) is 23.1 Å². The second-order valence-electron chi connectivity index (χ2n) is 6.15. The molecule has 4 N–H and O–H groups in total. The van der Waals surface area contributed by atoms with Gasteiger partial charge < -0.3 is 15.4 Å². The zero-order valence-corrected chi connectivity index (χ0v) is 16.5. The molecule has 1 atom stereocenters. The fourth-order valence-corrected chi connectivity index (χ4v) is 2.88. The fraction of sp³-hybridized carbons (Fsp3) is 0.263. The van der Waals surface area contributed by atoms with E-state index in [0.717, 1.165) is 12.0 Å². The van der Waals surface area contributed by atoms with Gasteiger partial charge in [-0.15, -0.1) is 0 Å². The summed E-state index contributed by atoms with van der Waals surface area (Å²) in [6.45, 7) is 4.03. The SMILES string of the molecule is CCCOC(=O)c1ccc(NC(=O)NC(C)c2ccc(S(N)(=O)=O)cc2)cc1. The van der Waals surface area contributed by atoms with Crippen LogP contribution < -0.4 is 15.8 Å². The number of carbonyl (C=O) groups is 2. The Morgan fingerprint density at radius 1 is 1.07 bits per heavy atom. The van der Waals surface area contributed by atoms with E-state index in [2.05, 4.69) is 10.6 Å². The van der Waals surface area contributed by atoms with E-state index >= 15 is 0 Å². The molecule has 0 aliphatic heterocycles. The average molecular weight is 405 g/mol. The van der Waals surface area contributed by atoms with Crippen LogP contribution in [0.25, 0.3) is 0 Å². The topological polar surface area (TPSA) is 128 Å². The fourth-order valence-electron chi connectivity index (χ4n) is 2.36. The molecule has 0 bridgehead atoms. The van der Waals surface area contributed by atoms with Crippen molar-refractivity contribution in [2.24, 2.45) is 5.14 Å². The van der Waals surface area contributed by atoms with Crippen molar-refractivity contribution in [3.05, 3.63) is 59.7 Å². The van der Waals surface area contributed by atoms with Crippen molar-refractivity contribution in [3.8, 4) is 0 Å². The lowest BCUT2D eigenvalue weighted by Crippen LogP contribution is -2.31. The number of primary sulfonamides is 1. The molecular formula is C19H23N3O5S. The number of urea groups is 1. The van der Waals surface area contributed by atoms with Gasteiger partial charge in [0.25, 0.3) is 0 Å². The number of nitrogens with two attached hydrogens (primary N) is 1. The highest BCUT2D eigenvalue weighted by atomic mass is 32.2. The molecule has 28 heavy (non-hydrogen) atoms. The maximum atomic E-state index is 12.2. The Kier molecular flexibility index (Phi) is 7.13. The van der Waals surface area contributed by atoms with Crippen LogP contribution in [0.15, 0.2) is 53.4 Å². The smallest absolute Gasteiger partial charge is 0.338 e. The molecule has 0 spiro atoms. The highest BCUT2D eigenvalue weighted by molar-refractivity contribution is 7.89. The van der Waals surface area contributed by atoms with Crippen LogP contribution >= 0.6 is 0 Å². The zero-order chi connectivity index (χ0) is 20.7. The third-order valence-electron chi connectivity index (χ3n) is 3.87. The van der Waals surface area contributed by atoms with Crippen molar-refractivity contribution in [3.63, 3.8) is 0 Å². The number of amides is 2. The van der Waals surface area contributed by atoms with Crippen molar-refractivity contribution in [1.82, 2.24) is 5.32 Å². The van der Waals surface area contributed by atoms with Gasteiger partial charge in [-0.2, -0.15) is 0 Å². The number of hydrogen-bond acceptors (Lipinski definition) is 5. The van der Waals surface area contributed by atoms with Crippen molar-refractivity contribution in [2.75, 3.05) is 11.9 Å². The predicted molar refractivity (Wildman–Crippen MR) is 105 cm³/mol. The van der Waals surface area contributed by atoms with Crippen LogP contribution in [0.5, 0.6) is 0 Å². The third-order valence-corrected chi connectivity index (χ3v) is 4.80. The Morgan fingerprint density at radius 2 is 1.68 bits per heavy atom. The summed E-state index contributed by atoms with van der Waals surface area (Å²) in [6, 6.07) is 11.5. The molecule has 0 radical (unpaired) electrons. The predicted octanol–water partition coefficient (Wildman–Crippen LogP) is 2.78. The molecule has 2 aromatic carbocycles. The third kappa shape index (κ3) is 6.07. The first kappa shape index (κ1) is 21.4. The van der Waals surface area contributed by atoms with Gasteiger partial charge in [0.1, 0.15) is 0 Å². The van der Waals surface area contributed by atoms with Gasteiger partial charge in [-0.1, -0.05) is 19.1 Å². The molecule has 0 aliphatic carbocycles. The van der Waals surface area contributed by atoms with Gasteiger partial charge in [0.15, 0.2) is 0 Å². The normalized spacial score (nSPS) is 12.1. The standard InChI is InChI=1S/C19H23N3O5S/c1-3-12-27-18(23)15-4-8-16(9-5-15)22-19(24)21-13(2)14-6-10-17(11-7-14)28(20,25)26/h4-11,13H,3,12H2,1-2H3,(H2,20,25,26)(H2,21,22,24). The monoisotopic (exact) mass is 405 g/mol. The first-order chi connectivity index (χ1) is 13.2. The number of anilines is 1. The first-order valence-corrected chi connectivity index (χ1v) is 10.2. The van der Waals surface area contributed by atoms with Gasteiger partial charge in [0, 0.05) is 5.69 Å². The van der Waals surface area contributed by atoms with Crippen molar-refractivity contribution in [2.45, 2.75) is 31.2 Å². The second-order valence-corrected chi connectivity index (χ2v) is 7.71. The van der Waals surface area contributed by atoms with Crippen LogP contribution in [-0.2, 0) is 14.8 Å². The Morgan fingerprint density at radius 3 is 2.21 bits per heavy atom. The van der Waals surface area contributed by atoms with Crippen LogP contribution in [0.2, 0.25) is 0 Å². The van der Waals surface area contributed by atoms with E-state index in [0.29, 0.717) is 17.9 Å². The van der Waals surface area contributed by atoms with Crippen LogP contribution in [0, 0.1) is 0 Å². The van der Waals surface area contributed by atoms with Crippen molar-refractivity contribution in [1.29, 1.82) is 0 Å². The molecule has 1 unspecified atom stereocenters. The quantitative estimate of drug-likeness (QED) is 0.610. The highest BCUT2D eigenvalue weighted by Gasteiger charge is 2.13. The van der Waals surface area contributed by atoms with Crippen molar-refractivity contribution >= 4 is 27.7 Å². The van der Waals surface area contributed by atoms with Gasteiger partial charge in [0.05, 0.1) is 23.1 Å². The van der Waals surface area contributed by atoms with E-state index in [1.54, 1.807) is 43.3 Å². The molecule has 2 amide bonds. The minimum absolute atomic E-state index is 0.00505. The summed E-state index contributed by atoms with van der Waals surface area (Å²) < 4.78 is 27.6. The van der Waals surface area contributed by atoms with E-state index in [1.165, 1.54) is 12.1 Å². The molecule has 0 aromatic heterocycles. The summed E-state index contributed by atoms with van der Waals surface area (Å²) in [6.07, 6.45) is 0.745. The Bertz CT molecular complexity index is 925. The molecular weight excluding hydrogens is 382 g/mol. The van der Waals surface area contributed by atoms with Gasteiger partial charge >= 0.3 is 12.0 Å². The summed E-state index contributed by atoms with van der Waals surface area (Å²) in [7, 11) is -3.76. The number of sulfonamides is 1. The van der Waals surface area contributed by atoms with E-state index < -0.39 is 22.0 Å². The number of nitrogens with one attached hydrogen (secondary N) is 2. The Hall–Kier alpha value is -2.91. The number of ether oxygens (including phenoxy) is 1. The van der Waals surface area contributed by atoms with Crippen LogP contribution in [0.4, 0.5) is 10.5 Å². The number of esters is 1. The summed E-state index contributed by atoms with van der Waals surface area (Å²) in [4.78, 5) is 23.9. The molecule has 0 heterocycles. The maximum absolute atomic E-state index is 12.2. The number of benzene rings is 2. The minimum atomic E-state index is -3.76. The number of carbonyl (C=O) groups excluding carboxylic acids is 2. The molecule has 8 nitrogen and oxygen atoms in total. The van der Waals surface area contributed by atoms with Crippen molar-refractivity contribution < 1.29 is 22.7 Å². The van der Waals surface area contributed by atoms with E-state index in [4.69, 9.17) is 9.88 Å². The average Bonchev–Trinajstić information content (AvgIpc) is 2.66. The molecule has 0 saturated carbocycles. The lowest BCUT2D eigenvalue weighted by molar-refractivity contribution is 0.0505. The maximum Gasteiger partial charge on any atom is 0.338 e. The molecule has 2 rings (SSSR count). The molecule has 9 heteroatoms. The summed E-state index contributed by atoms with van der Waals surface area (Å²) >= 11 is 0. The van der Waals surface area contributed by atoms with E-state index in [1.807, 2.05) is 6.92 Å². The summed E-state index contributed by atoms with van der Waals surface area (Å²) in [5, 5.41) is 10.5. The zero-order valence-electron chi connectivity index (χ0n) is 15.6. The van der Waals surface area contributed by atoms with Crippen LogP contribution in [0.1, 0.15) is 42.2 Å². The Balaban J connectivity index is 1.93. The van der Waals surface area contributed by atoms with Gasteiger partial charge in [0.2, 0.25) is 10.0 Å². The summed E-state index contributed by atoms with van der Waals surface area (Å²) in [5.74, 6) is -0.408. The minimum Gasteiger partial charge on any atom is -0.462 e. The molecule has 0 saturated heterocycles. The highest BCUT2D eigenvalue weighted by Crippen LogP contribution is 2.16. The molecule has 0 aliphatic rings. The lowest BCUT2D eigenvalue weighted by atomic mass is 10.1. The second kappa shape index (κ2) is 9.34. The number of hydrogen-bond donors (Lipinski definition) is 3. The Labute approximate surface area is 164 Å².